The third-order valence-corrected chi connectivity index (χ3v) is 5.97. The number of benzene rings is 3. The summed E-state index contributed by atoms with van der Waals surface area (Å²) in [4.78, 5) is 19.3. The average Bonchev–Trinajstić information content (AvgIpc) is 2.78. The molecule has 1 aliphatic heterocycles. The molecule has 0 aliphatic carbocycles. The Morgan fingerprint density at radius 1 is 1.07 bits per heavy atom. The number of aromatic nitrogens is 1. The molecule has 30 heavy (non-hydrogen) atoms. The van der Waals surface area contributed by atoms with Crippen LogP contribution in [-0.4, -0.2) is 29.1 Å². The summed E-state index contributed by atoms with van der Waals surface area (Å²) in [6, 6.07) is 20.3. The monoisotopic (exact) mass is 416 g/mol. The summed E-state index contributed by atoms with van der Waals surface area (Å²) in [7, 11) is 0. The molecule has 0 saturated carbocycles. The van der Waals surface area contributed by atoms with Crippen LogP contribution in [0.2, 0.25) is 5.02 Å². The standard InChI is InChI=1S/C25H21ClN2O2/c1-2-30-25(29)28-14-13-20-21(15-28)24(17-7-10-18(26)11-8-17)27-22-12-9-16-5-3-4-6-19(16)23(20)22/h3-12H,2,13-15H2,1H3. The van der Waals surface area contributed by atoms with Crippen LogP contribution >= 0.6 is 11.6 Å². The first kappa shape index (κ1) is 18.9. The van der Waals surface area contributed by atoms with Crippen molar-refractivity contribution in [1.82, 2.24) is 9.88 Å². The van der Waals surface area contributed by atoms with Crippen LogP contribution in [0.4, 0.5) is 4.79 Å². The SMILES string of the molecule is CCOC(=O)N1CCc2c(c(-c3ccc(Cl)cc3)nc3ccc4ccccc4c23)C1. The van der Waals surface area contributed by atoms with Crippen molar-refractivity contribution in [1.29, 1.82) is 0 Å². The molecule has 0 N–H and O–H groups in total. The van der Waals surface area contributed by atoms with E-state index in [0.717, 1.165) is 28.8 Å². The fraction of sp³-hybridized carbons (Fsp3) is 0.200. The van der Waals surface area contributed by atoms with Gasteiger partial charge in [0.1, 0.15) is 0 Å². The third-order valence-electron chi connectivity index (χ3n) is 5.72. The van der Waals surface area contributed by atoms with Crippen LogP contribution < -0.4 is 0 Å². The van der Waals surface area contributed by atoms with Gasteiger partial charge in [-0.1, -0.05) is 54.1 Å². The second-order valence-corrected chi connectivity index (χ2v) is 7.91. The van der Waals surface area contributed by atoms with Crippen molar-refractivity contribution < 1.29 is 9.53 Å². The molecule has 4 nitrogen and oxygen atoms in total. The highest BCUT2D eigenvalue weighted by Gasteiger charge is 2.27. The molecule has 2 heterocycles. The van der Waals surface area contributed by atoms with E-state index in [-0.39, 0.29) is 6.09 Å². The average molecular weight is 417 g/mol. The molecule has 1 aliphatic rings. The lowest BCUT2D eigenvalue weighted by molar-refractivity contribution is 0.103. The van der Waals surface area contributed by atoms with E-state index < -0.39 is 0 Å². The van der Waals surface area contributed by atoms with Crippen LogP contribution in [0.1, 0.15) is 18.1 Å². The summed E-state index contributed by atoms with van der Waals surface area (Å²) in [5.41, 5.74) is 5.22. The number of ether oxygens (including phenoxy) is 1. The van der Waals surface area contributed by atoms with Crippen molar-refractivity contribution in [2.45, 2.75) is 19.9 Å². The lowest BCUT2D eigenvalue weighted by atomic mass is 9.89. The minimum absolute atomic E-state index is 0.275. The Bertz CT molecular complexity index is 1270. The molecule has 4 aromatic rings. The lowest BCUT2D eigenvalue weighted by Crippen LogP contribution is -2.37. The largest absolute Gasteiger partial charge is 0.450 e. The molecule has 5 rings (SSSR count). The number of hydrogen-bond acceptors (Lipinski definition) is 3. The van der Waals surface area contributed by atoms with Crippen LogP contribution in [0, 0.1) is 0 Å². The maximum Gasteiger partial charge on any atom is 0.410 e. The molecule has 0 spiro atoms. The number of hydrogen-bond donors (Lipinski definition) is 0. The highest BCUT2D eigenvalue weighted by molar-refractivity contribution is 6.30. The maximum absolute atomic E-state index is 12.4. The minimum Gasteiger partial charge on any atom is -0.450 e. The Balaban J connectivity index is 1.77. The lowest BCUT2D eigenvalue weighted by Gasteiger charge is -2.30. The first-order valence-electron chi connectivity index (χ1n) is 10.2. The van der Waals surface area contributed by atoms with Gasteiger partial charge in [0.25, 0.3) is 0 Å². The predicted octanol–water partition coefficient (Wildman–Crippen LogP) is 6.22. The van der Waals surface area contributed by atoms with E-state index in [1.54, 1.807) is 4.90 Å². The number of carbonyl (C=O) groups is 1. The summed E-state index contributed by atoms with van der Waals surface area (Å²) < 4.78 is 5.26. The van der Waals surface area contributed by atoms with Gasteiger partial charge in [-0.15, -0.1) is 0 Å². The smallest absolute Gasteiger partial charge is 0.410 e. The van der Waals surface area contributed by atoms with Gasteiger partial charge < -0.3 is 9.64 Å². The molecule has 0 saturated heterocycles. The molecular formula is C25H21ClN2O2. The number of carbonyl (C=O) groups excluding carboxylic acids is 1. The van der Waals surface area contributed by atoms with Gasteiger partial charge in [-0.2, -0.15) is 0 Å². The fourth-order valence-electron chi connectivity index (χ4n) is 4.33. The van der Waals surface area contributed by atoms with Gasteiger partial charge in [-0.25, -0.2) is 9.78 Å². The van der Waals surface area contributed by atoms with Gasteiger partial charge in [0, 0.05) is 28.1 Å². The summed E-state index contributed by atoms with van der Waals surface area (Å²) >= 11 is 6.11. The van der Waals surface area contributed by atoms with Crippen molar-refractivity contribution in [2.75, 3.05) is 13.2 Å². The van der Waals surface area contributed by atoms with Gasteiger partial charge in [0.05, 0.1) is 24.4 Å². The molecule has 0 radical (unpaired) electrons. The second-order valence-electron chi connectivity index (χ2n) is 7.48. The zero-order chi connectivity index (χ0) is 20.7. The first-order chi connectivity index (χ1) is 14.7. The normalized spacial score (nSPS) is 13.5. The van der Waals surface area contributed by atoms with Crippen molar-refractivity contribution in [3.8, 4) is 11.3 Å². The molecule has 0 atom stereocenters. The Hall–Kier alpha value is -3.11. The number of fused-ring (bicyclic) bond motifs is 5. The molecule has 150 valence electrons. The maximum atomic E-state index is 12.4. The number of halogens is 1. The zero-order valence-electron chi connectivity index (χ0n) is 16.7. The minimum atomic E-state index is -0.275. The van der Waals surface area contributed by atoms with Gasteiger partial charge in [-0.3, -0.25) is 0 Å². The van der Waals surface area contributed by atoms with E-state index in [0.29, 0.717) is 24.7 Å². The molecule has 0 fully saturated rings. The van der Waals surface area contributed by atoms with E-state index in [2.05, 4.69) is 36.4 Å². The van der Waals surface area contributed by atoms with Gasteiger partial charge >= 0.3 is 6.09 Å². The van der Waals surface area contributed by atoms with Crippen molar-refractivity contribution in [2.24, 2.45) is 0 Å². The van der Waals surface area contributed by atoms with E-state index >= 15 is 0 Å². The van der Waals surface area contributed by atoms with Crippen LogP contribution in [0.15, 0.2) is 60.7 Å². The summed E-state index contributed by atoms with van der Waals surface area (Å²) in [6.07, 6.45) is 0.491. The van der Waals surface area contributed by atoms with Gasteiger partial charge in [0.15, 0.2) is 0 Å². The molecular weight excluding hydrogens is 396 g/mol. The molecule has 0 bridgehead atoms. The van der Waals surface area contributed by atoms with Gasteiger partial charge in [0.2, 0.25) is 0 Å². The highest BCUT2D eigenvalue weighted by atomic mass is 35.5. The summed E-state index contributed by atoms with van der Waals surface area (Å²) in [6.45, 7) is 3.31. The number of pyridine rings is 1. The molecule has 1 aromatic heterocycles. The molecule has 0 unspecified atom stereocenters. The van der Waals surface area contributed by atoms with Crippen molar-refractivity contribution >= 4 is 39.4 Å². The first-order valence-corrected chi connectivity index (χ1v) is 10.5. The summed E-state index contributed by atoms with van der Waals surface area (Å²) in [5, 5.41) is 4.27. The Morgan fingerprint density at radius 2 is 1.87 bits per heavy atom. The Morgan fingerprint density at radius 3 is 2.67 bits per heavy atom. The number of nitrogens with zero attached hydrogens (tertiary/aromatic N) is 2. The highest BCUT2D eigenvalue weighted by Crippen LogP contribution is 2.37. The molecule has 5 heteroatoms. The van der Waals surface area contributed by atoms with Crippen LogP contribution in [0.25, 0.3) is 32.9 Å². The van der Waals surface area contributed by atoms with Crippen molar-refractivity contribution in [3.05, 3.63) is 76.8 Å². The van der Waals surface area contributed by atoms with Crippen molar-refractivity contribution in [3.63, 3.8) is 0 Å². The van der Waals surface area contributed by atoms with Crippen LogP contribution in [0.3, 0.4) is 0 Å². The summed E-state index contributed by atoms with van der Waals surface area (Å²) in [5.74, 6) is 0. The zero-order valence-corrected chi connectivity index (χ0v) is 17.4. The van der Waals surface area contributed by atoms with Crippen LogP contribution in [-0.2, 0) is 17.7 Å². The molecule has 3 aromatic carbocycles. The number of amides is 1. The third kappa shape index (κ3) is 3.17. The predicted molar refractivity (Wildman–Crippen MR) is 121 cm³/mol. The van der Waals surface area contributed by atoms with Gasteiger partial charge in [-0.05, 0) is 47.9 Å². The number of rotatable bonds is 2. The fourth-order valence-corrected chi connectivity index (χ4v) is 4.46. The second kappa shape index (κ2) is 7.62. The Kier molecular flexibility index (Phi) is 4.80. The van der Waals surface area contributed by atoms with E-state index in [9.17, 15) is 4.79 Å². The quantitative estimate of drug-likeness (QED) is 0.364. The van der Waals surface area contributed by atoms with Crippen LogP contribution in [0.5, 0.6) is 0 Å². The topological polar surface area (TPSA) is 42.4 Å². The Labute approximate surface area is 180 Å². The van der Waals surface area contributed by atoms with E-state index in [1.165, 1.54) is 21.7 Å². The molecule has 1 amide bonds. The van der Waals surface area contributed by atoms with E-state index in [4.69, 9.17) is 21.3 Å². The van der Waals surface area contributed by atoms with E-state index in [1.807, 2.05) is 31.2 Å².